The summed E-state index contributed by atoms with van der Waals surface area (Å²) in [4.78, 5) is 13.0. The van der Waals surface area contributed by atoms with Crippen LogP contribution in [0.3, 0.4) is 0 Å². The van der Waals surface area contributed by atoms with Crippen molar-refractivity contribution in [2.75, 3.05) is 13.6 Å². The molecule has 1 aromatic heterocycles. The second kappa shape index (κ2) is 4.61. The van der Waals surface area contributed by atoms with Crippen molar-refractivity contribution in [2.24, 2.45) is 0 Å². The zero-order chi connectivity index (χ0) is 11.5. The first-order chi connectivity index (χ1) is 7.65. The summed E-state index contributed by atoms with van der Waals surface area (Å²) in [5.74, 6) is 1.39. The summed E-state index contributed by atoms with van der Waals surface area (Å²) >= 11 is 0. The van der Waals surface area contributed by atoms with Crippen LogP contribution in [0.5, 0.6) is 0 Å². The number of hydrogen-bond acceptors (Lipinski definition) is 5. The van der Waals surface area contributed by atoms with E-state index in [-0.39, 0.29) is 5.91 Å². The zero-order valence-electron chi connectivity index (χ0n) is 9.56. The Hall–Kier alpha value is -1.43. The molecule has 1 aromatic rings. The molecule has 0 aliphatic carbocycles. The van der Waals surface area contributed by atoms with E-state index in [1.54, 1.807) is 11.8 Å². The molecule has 1 fully saturated rings. The lowest BCUT2D eigenvalue weighted by atomic mass is 10.1. The van der Waals surface area contributed by atoms with Crippen LogP contribution in [0.25, 0.3) is 0 Å². The number of rotatable bonds is 3. The van der Waals surface area contributed by atoms with E-state index >= 15 is 0 Å². The zero-order valence-corrected chi connectivity index (χ0v) is 9.56. The molecule has 1 unspecified atom stereocenters. The molecular weight excluding hydrogens is 208 g/mol. The molecule has 1 N–H and O–H groups in total. The molecule has 2 rings (SSSR count). The number of carbonyl (C=O) groups excluding carboxylic acids is 1. The number of hydrogen-bond donors (Lipinski definition) is 1. The number of carbonyl (C=O) groups is 1. The highest BCUT2D eigenvalue weighted by molar-refractivity contribution is 5.76. The molecule has 16 heavy (non-hydrogen) atoms. The minimum Gasteiger partial charge on any atom is -0.424 e. The van der Waals surface area contributed by atoms with Crippen molar-refractivity contribution in [3.05, 3.63) is 11.8 Å². The van der Waals surface area contributed by atoms with Gasteiger partial charge in [-0.15, -0.1) is 10.2 Å². The fourth-order valence-corrected chi connectivity index (χ4v) is 1.82. The van der Waals surface area contributed by atoms with Crippen LogP contribution in [0, 0.1) is 6.92 Å². The SMILES string of the molecule is Cc1nnc(CNC2CCC(=O)N(C)C2)o1. The molecule has 0 aromatic carbocycles. The van der Waals surface area contributed by atoms with E-state index in [2.05, 4.69) is 15.5 Å². The van der Waals surface area contributed by atoms with Crippen molar-refractivity contribution in [2.45, 2.75) is 32.4 Å². The third-order valence-corrected chi connectivity index (χ3v) is 2.74. The van der Waals surface area contributed by atoms with Gasteiger partial charge in [-0.05, 0) is 6.42 Å². The second-order valence-corrected chi connectivity index (χ2v) is 4.11. The van der Waals surface area contributed by atoms with Crippen LogP contribution in [0.2, 0.25) is 0 Å². The van der Waals surface area contributed by atoms with Crippen LogP contribution in [0.15, 0.2) is 4.42 Å². The number of likely N-dealkylation sites (tertiary alicyclic amines) is 1. The Morgan fingerprint density at radius 3 is 3.00 bits per heavy atom. The summed E-state index contributed by atoms with van der Waals surface area (Å²) in [5, 5.41) is 11.0. The van der Waals surface area contributed by atoms with Crippen LogP contribution in [0.1, 0.15) is 24.6 Å². The third kappa shape index (κ3) is 2.57. The maximum absolute atomic E-state index is 11.3. The summed E-state index contributed by atoms with van der Waals surface area (Å²) in [5.41, 5.74) is 0. The van der Waals surface area contributed by atoms with E-state index in [0.717, 1.165) is 13.0 Å². The molecule has 0 bridgehead atoms. The van der Waals surface area contributed by atoms with E-state index in [4.69, 9.17) is 4.42 Å². The molecular formula is C10H16N4O2. The Balaban J connectivity index is 1.80. The summed E-state index contributed by atoms with van der Waals surface area (Å²) in [6.45, 7) is 3.07. The Morgan fingerprint density at radius 1 is 1.56 bits per heavy atom. The van der Waals surface area contributed by atoms with Crippen LogP contribution < -0.4 is 5.32 Å². The number of nitrogens with one attached hydrogen (secondary N) is 1. The fourth-order valence-electron chi connectivity index (χ4n) is 1.82. The van der Waals surface area contributed by atoms with Gasteiger partial charge < -0.3 is 14.6 Å². The third-order valence-electron chi connectivity index (χ3n) is 2.74. The molecule has 1 aliphatic rings. The van der Waals surface area contributed by atoms with E-state index in [1.807, 2.05) is 7.05 Å². The van der Waals surface area contributed by atoms with Crippen LogP contribution in [0.4, 0.5) is 0 Å². The highest BCUT2D eigenvalue weighted by Gasteiger charge is 2.22. The molecule has 1 atom stereocenters. The molecule has 1 aliphatic heterocycles. The summed E-state index contributed by atoms with van der Waals surface area (Å²) < 4.78 is 5.26. The Morgan fingerprint density at radius 2 is 2.38 bits per heavy atom. The van der Waals surface area contributed by atoms with Gasteiger partial charge in [0.25, 0.3) is 0 Å². The number of amides is 1. The minimum atomic E-state index is 0.215. The Kier molecular flexibility index (Phi) is 3.19. The predicted molar refractivity (Wildman–Crippen MR) is 56.5 cm³/mol. The first-order valence-corrected chi connectivity index (χ1v) is 5.41. The lowest BCUT2D eigenvalue weighted by Crippen LogP contribution is -2.46. The number of aryl methyl sites for hydroxylation is 1. The van der Waals surface area contributed by atoms with Gasteiger partial charge in [-0.1, -0.05) is 0 Å². The Labute approximate surface area is 94.0 Å². The fraction of sp³-hybridized carbons (Fsp3) is 0.700. The molecule has 0 spiro atoms. The molecule has 6 heteroatoms. The monoisotopic (exact) mass is 224 g/mol. The maximum atomic E-state index is 11.3. The van der Waals surface area contributed by atoms with Crippen molar-refractivity contribution >= 4 is 5.91 Å². The minimum absolute atomic E-state index is 0.215. The first-order valence-electron chi connectivity index (χ1n) is 5.41. The van der Waals surface area contributed by atoms with Crippen molar-refractivity contribution in [3.63, 3.8) is 0 Å². The molecule has 88 valence electrons. The quantitative estimate of drug-likeness (QED) is 0.787. The molecule has 1 saturated heterocycles. The topological polar surface area (TPSA) is 71.3 Å². The van der Waals surface area contributed by atoms with Crippen molar-refractivity contribution in [1.82, 2.24) is 20.4 Å². The smallest absolute Gasteiger partial charge is 0.230 e. The lowest BCUT2D eigenvalue weighted by molar-refractivity contribution is -0.132. The van der Waals surface area contributed by atoms with Crippen LogP contribution in [-0.4, -0.2) is 40.6 Å². The highest BCUT2D eigenvalue weighted by atomic mass is 16.4. The van der Waals surface area contributed by atoms with E-state index in [9.17, 15) is 4.79 Å². The van der Waals surface area contributed by atoms with E-state index in [1.165, 1.54) is 0 Å². The van der Waals surface area contributed by atoms with Gasteiger partial charge in [-0.3, -0.25) is 4.79 Å². The van der Waals surface area contributed by atoms with Gasteiger partial charge in [0.15, 0.2) is 0 Å². The van der Waals surface area contributed by atoms with Gasteiger partial charge in [-0.2, -0.15) is 0 Å². The van der Waals surface area contributed by atoms with Gasteiger partial charge in [0.2, 0.25) is 17.7 Å². The van der Waals surface area contributed by atoms with Crippen molar-refractivity contribution < 1.29 is 9.21 Å². The van der Waals surface area contributed by atoms with Crippen molar-refractivity contribution in [1.29, 1.82) is 0 Å². The molecule has 1 amide bonds. The maximum Gasteiger partial charge on any atom is 0.230 e. The largest absolute Gasteiger partial charge is 0.424 e. The Bertz CT molecular complexity index is 377. The molecule has 0 saturated carbocycles. The summed E-state index contributed by atoms with van der Waals surface area (Å²) in [6.07, 6.45) is 1.48. The first kappa shape index (κ1) is 11.1. The average molecular weight is 224 g/mol. The standard InChI is InChI=1S/C10H16N4O2/c1-7-12-13-9(16-7)5-11-8-3-4-10(15)14(2)6-8/h8,11H,3-6H2,1-2H3. The number of likely N-dealkylation sites (N-methyl/N-ethyl adjacent to an activating group) is 1. The van der Waals surface area contributed by atoms with E-state index in [0.29, 0.717) is 30.8 Å². The molecule has 6 nitrogen and oxygen atoms in total. The van der Waals surface area contributed by atoms with E-state index < -0.39 is 0 Å². The summed E-state index contributed by atoms with van der Waals surface area (Å²) in [6, 6.07) is 0.315. The average Bonchev–Trinajstić information content (AvgIpc) is 2.66. The van der Waals surface area contributed by atoms with Crippen LogP contribution >= 0.6 is 0 Å². The lowest BCUT2D eigenvalue weighted by Gasteiger charge is -2.29. The van der Waals surface area contributed by atoms with Gasteiger partial charge in [-0.25, -0.2) is 0 Å². The molecule has 0 radical (unpaired) electrons. The van der Waals surface area contributed by atoms with Crippen LogP contribution in [-0.2, 0) is 11.3 Å². The van der Waals surface area contributed by atoms with Gasteiger partial charge >= 0.3 is 0 Å². The van der Waals surface area contributed by atoms with Gasteiger partial charge in [0.05, 0.1) is 6.54 Å². The number of piperidine rings is 1. The normalized spacial score (nSPS) is 21.5. The summed E-state index contributed by atoms with van der Waals surface area (Å²) in [7, 11) is 1.83. The second-order valence-electron chi connectivity index (χ2n) is 4.11. The van der Waals surface area contributed by atoms with Gasteiger partial charge in [0, 0.05) is 33.0 Å². The molecule has 2 heterocycles. The predicted octanol–water partition coefficient (Wildman–Crippen LogP) is 0.0884. The highest BCUT2D eigenvalue weighted by Crippen LogP contribution is 2.10. The number of aromatic nitrogens is 2. The number of nitrogens with zero attached hydrogens (tertiary/aromatic N) is 3. The van der Waals surface area contributed by atoms with Gasteiger partial charge in [0.1, 0.15) is 0 Å². The van der Waals surface area contributed by atoms with Crippen molar-refractivity contribution in [3.8, 4) is 0 Å².